The molecule has 0 unspecified atom stereocenters. The highest BCUT2D eigenvalue weighted by atomic mass is 35.5. The first-order chi connectivity index (χ1) is 10.6. The molecule has 2 heterocycles. The topological polar surface area (TPSA) is 45.2 Å². The first-order valence-electron chi connectivity index (χ1n) is 7.10. The number of nitrogens with one attached hydrogen (secondary N) is 1. The molecule has 0 aliphatic carbocycles. The van der Waals surface area contributed by atoms with E-state index in [9.17, 15) is 4.79 Å². The average molecular weight is 336 g/mol. The molecule has 1 fully saturated rings. The summed E-state index contributed by atoms with van der Waals surface area (Å²) < 4.78 is 0. The molecule has 0 atom stereocenters. The lowest BCUT2D eigenvalue weighted by Crippen LogP contribution is -2.27. The van der Waals surface area contributed by atoms with Crippen molar-refractivity contribution in [2.45, 2.75) is 12.8 Å². The van der Waals surface area contributed by atoms with Crippen LogP contribution in [0.4, 0.5) is 11.4 Å². The SMILES string of the molecule is O=C(c1cncc(Nc2ccc(Cl)c(Cl)c2)c1)N1CCCC1. The predicted octanol–water partition coefficient (Wildman–Crippen LogP) is 4.37. The maximum absolute atomic E-state index is 12.4. The molecular weight excluding hydrogens is 321 g/mol. The van der Waals surface area contributed by atoms with Crippen LogP contribution in [0.1, 0.15) is 23.2 Å². The number of halogens is 2. The number of hydrogen-bond donors (Lipinski definition) is 1. The van der Waals surface area contributed by atoms with Crippen molar-refractivity contribution >= 4 is 40.5 Å². The Balaban J connectivity index is 1.78. The smallest absolute Gasteiger partial charge is 0.255 e. The van der Waals surface area contributed by atoms with Gasteiger partial charge in [-0.15, -0.1) is 0 Å². The van der Waals surface area contributed by atoms with E-state index < -0.39 is 0 Å². The number of carbonyl (C=O) groups excluding carboxylic acids is 1. The van der Waals surface area contributed by atoms with Crippen molar-refractivity contribution in [2.75, 3.05) is 18.4 Å². The molecule has 1 aliphatic heterocycles. The molecule has 0 saturated carbocycles. The predicted molar refractivity (Wildman–Crippen MR) is 89.1 cm³/mol. The fraction of sp³-hybridized carbons (Fsp3) is 0.250. The van der Waals surface area contributed by atoms with Gasteiger partial charge in [0, 0.05) is 25.0 Å². The van der Waals surface area contributed by atoms with E-state index >= 15 is 0 Å². The van der Waals surface area contributed by atoms with Crippen LogP contribution in [0.15, 0.2) is 36.7 Å². The van der Waals surface area contributed by atoms with Crippen LogP contribution in [0.25, 0.3) is 0 Å². The number of hydrogen-bond acceptors (Lipinski definition) is 3. The van der Waals surface area contributed by atoms with Crippen molar-refractivity contribution < 1.29 is 4.79 Å². The largest absolute Gasteiger partial charge is 0.354 e. The summed E-state index contributed by atoms with van der Waals surface area (Å²) in [5.74, 6) is 0.0304. The summed E-state index contributed by atoms with van der Waals surface area (Å²) in [6, 6.07) is 7.08. The molecule has 22 heavy (non-hydrogen) atoms. The third-order valence-electron chi connectivity index (χ3n) is 3.59. The number of likely N-dealkylation sites (tertiary alicyclic amines) is 1. The molecule has 1 aliphatic rings. The summed E-state index contributed by atoms with van der Waals surface area (Å²) >= 11 is 11.9. The average Bonchev–Trinajstić information content (AvgIpc) is 3.05. The highest BCUT2D eigenvalue weighted by molar-refractivity contribution is 6.42. The highest BCUT2D eigenvalue weighted by Gasteiger charge is 2.19. The number of benzene rings is 1. The minimum absolute atomic E-state index is 0.0304. The monoisotopic (exact) mass is 335 g/mol. The van der Waals surface area contributed by atoms with Crippen LogP contribution in [-0.2, 0) is 0 Å². The molecule has 114 valence electrons. The number of anilines is 2. The van der Waals surface area contributed by atoms with Gasteiger partial charge in [0.05, 0.1) is 27.5 Å². The maximum atomic E-state index is 12.4. The fourth-order valence-electron chi connectivity index (χ4n) is 2.47. The Hall–Kier alpha value is -1.78. The molecule has 1 amide bonds. The second-order valence-electron chi connectivity index (χ2n) is 5.22. The van der Waals surface area contributed by atoms with Crippen LogP contribution < -0.4 is 5.32 Å². The Kier molecular flexibility index (Phi) is 4.50. The van der Waals surface area contributed by atoms with Crippen LogP contribution >= 0.6 is 23.2 Å². The Labute approximate surface area is 139 Å². The van der Waals surface area contributed by atoms with Gasteiger partial charge in [-0.1, -0.05) is 23.2 Å². The van der Waals surface area contributed by atoms with Crippen LogP contribution in [0, 0.1) is 0 Å². The zero-order chi connectivity index (χ0) is 15.5. The van der Waals surface area contributed by atoms with Crippen molar-refractivity contribution in [3.05, 3.63) is 52.3 Å². The van der Waals surface area contributed by atoms with Gasteiger partial charge in [0.2, 0.25) is 0 Å². The standard InChI is InChI=1S/C16H15Cl2N3O/c17-14-4-3-12(8-15(14)18)20-13-7-11(9-19-10-13)16(22)21-5-1-2-6-21/h3-4,7-10,20H,1-2,5-6H2. The normalized spacial score (nSPS) is 14.2. The van der Waals surface area contributed by atoms with E-state index in [2.05, 4.69) is 10.3 Å². The summed E-state index contributed by atoms with van der Waals surface area (Å²) in [7, 11) is 0. The van der Waals surface area contributed by atoms with Gasteiger partial charge in [-0.2, -0.15) is 0 Å². The Bertz CT molecular complexity index is 700. The fourth-order valence-corrected chi connectivity index (χ4v) is 2.77. The molecule has 0 radical (unpaired) electrons. The highest BCUT2D eigenvalue weighted by Crippen LogP contribution is 2.27. The molecule has 1 saturated heterocycles. The summed E-state index contributed by atoms with van der Waals surface area (Å²) in [6.07, 6.45) is 5.41. The van der Waals surface area contributed by atoms with Crippen LogP contribution in [0.5, 0.6) is 0 Å². The third-order valence-corrected chi connectivity index (χ3v) is 4.33. The van der Waals surface area contributed by atoms with Gasteiger partial charge in [-0.25, -0.2) is 0 Å². The first-order valence-corrected chi connectivity index (χ1v) is 7.85. The van der Waals surface area contributed by atoms with Crippen LogP contribution in [0.3, 0.4) is 0 Å². The number of carbonyl (C=O) groups is 1. The van der Waals surface area contributed by atoms with E-state index in [1.54, 1.807) is 30.6 Å². The minimum atomic E-state index is 0.0304. The minimum Gasteiger partial charge on any atom is -0.354 e. The summed E-state index contributed by atoms with van der Waals surface area (Å²) in [4.78, 5) is 18.4. The Morgan fingerprint density at radius 1 is 1.05 bits per heavy atom. The van der Waals surface area contributed by atoms with Gasteiger partial charge < -0.3 is 10.2 Å². The number of nitrogens with zero attached hydrogens (tertiary/aromatic N) is 2. The zero-order valence-electron chi connectivity index (χ0n) is 11.9. The number of amides is 1. The van der Waals surface area contributed by atoms with Gasteiger partial charge in [-0.05, 0) is 37.1 Å². The number of rotatable bonds is 3. The van der Waals surface area contributed by atoms with Gasteiger partial charge in [-0.3, -0.25) is 9.78 Å². The summed E-state index contributed by atoms with van der Waals surface area (Å²) in [5.41, 5.74) is 2.12. The van der Waals surface area contributed by atoms with Crippen molar-refractivity contribution in [3.8, 4) is 0 Å². The molecule has 1 aromatic carbocycles. The molecule has 2 aromatic rings. The van der Waals surface area contributed by atoms with Crippen LogP contribution in [-0.4, -0.2) is 28.9 Å². The zero-order valence-corrected chi connectivity index (χ0v) is 13.4. The van der Waals surface area contributed by atoms with Crippen molar-refractivity contribution in [2.24, 2.45) is 0 Å². The molecule has 1 aromatic heterocycles. The molecular formula is C16H15Cl2N3O. The van der Waals surface area contributed by atoms with Crippen molar-refractivity contribution in [1.82, 2.24) is 9.88 Å². The third kappa shape index (κ3) is 3.34. The van der Waals surface area contributed by atoms with Gasteiger partial charge in [0.15, 0.2) is 0 Å². The van der Waals surface area contributed by atoms with Crippen LogP contribution in [0.2, 0.25) is 10.0 Å². The molecule has 0 bridgehead atoms. The quantitative estimate of drug-likeness (QED) is 0.905. The second kappa shape index (κ2) is 6.55. The Morgan fingerprint density at radius 2 is 1.82 bits per heavy atom. The maximum Gasteiger partial charge on any atom is 0.255 e. The molecule has 4 nitrogen and oxygen atoms in total. The number of aromatic nitrogens is 1. The lowest BCUT2D eigenvalue weighted by molar-refractivity contribution is 0.0792. The molecule has 1 N–H and O–H groups in total. The van der Waals surface area contributed by atoms with Gasteiger partial charge in [0.1, 0.15) is 0 Å². The van der Waals surface area contributed by atoms with E-state index in [0.717, 1.165) is 37.3 Å². The summed E-state index contributed by atoms with van der Waals surface area (Å²) in [6.45, 7) is 1.65. The lowest BCUT2D eigenvalue weighted by Gasteiger charge is -2.15. The van der Waals surface area contributed by atoms with E-state index in [-0.39, 0.29) is 5.91 Å². The Morgan fingerprint density at radius 3 is 2.55 bits per heavy atom. The summed E-state index contributed by atoms with van der Waals surface area (Å²) in [5, 5.41) is 4.16. The van der Waals surface area contributed by atoms with E-state index in [1.165, 1.54) is 0 Å². The van der Waals surface area contributed by atoms with Gasteiger partial charge in [0.25, 0.3) is 5.91 Å². The van der Waals surface area contributed by atoms with E-state index in [1.807, 2.05) is 11.0 Å². The second-order valence-corrected chi connectivity index (χ2v) is 6.03. The molecule has 6 heteroatoms. The molecule has 0 spiro atoms. The van der Waals surface area contributed by atoms with Crippen molar-refractivity contribution in [1.29, 1.82) is 0 Å². The lowest BCUT2D eigenvalue weighted by atomic mass is 10.2. The van der Waals surface area contributed by atoms with Gasteiger partial charge >= 0.3 is 0 Å². The number of pyridine rings is 1. The molecule has 3 rings (SSSR count). The first kappa shape index (κ1) is 15.1. The van der Waals surface area contributed by atoms with E-state index in [4.69, 9.17) is 23.2 Å². The van der Waals surface area contributed by atoms with E-state index in [0.29, 0.717) is 15.6 Å². The van der Waals surface area contributed by atoms with Crippen molar-refractivity contribution in [3.63, 3.8) is 0 Å².